The summed E-state index contributed by atoms with van der Waals surface area (Å²) in [7, 11) is 0. The number of thioether (sulfide) groups is 1. The fourth-order valence-electron chi connectivity index (χ4n) is 0.934. The van der Waals surface area contributed by atoms with Crippen molar-refractivity contribution in [2.45, 2.75) is 31.6 Å². The van der Waals surface area contributed by atoms with Gasteiger partial charge in [0.05, 0.1) is 5.60 Å². The molecule has 0 aliphatic carbocycles. The summed E-state index contributed by atoms with van der Waals surface area (Å²) < 4.78 is 0. The smallest absolute Gasteiger partial charge is 0.0682 e. The van der Waals surface area contributed by atoms with Gasteiger partial charge in [-0.2, -0.15) is 11.8 Å². The Morgan fingerprint density at radius 3 is 2.77 bits per heavy atom. The molecule has 1 unspecified atom stereocenters. The van der Waals surface area contributed by atoms with Crippen molar-refractivity contribution in [2.75, 3.05) is 5.75 Å². The summed E-state index contributed by atoms with van der Waals surface area (Å²) in [5, 5.41) is 12.1. The van der Waals surface area contributed by atoms with Crippen molar-refractivity contribution >= 4 is 23.1 Å². The molecule has 0 aliphatic rings. The van der Waals surface area contributed by atoms with E-state index in [1.165, 1.54) is 4.88 Å². The summed E-state index contributed by atoms with van der Waals surface area (Å²) >= 11 is 3.58. The fraction of sp³-hybridized carbons (Fsp3) is 0.600. The first kappa shape index (κ1) is 11.1. The summed E-state index contributed by atoms with van der Waals surface area (Å²) in [6.45, 7) is 5.88. The highest BCUT2D eigenvalue weighted by Gasteiger charge is 2.15. The topological polar surface area (TPSA) is 20.2 Å². The van der Waals surface area contributed by atoms with Gasteiger partial charge in [0.25, 0.3) is 0 Å². The molecule has 0 aliphatic heterocycles. The molecule has 1 nitrogen and oxygen atoms in total. The minimum absolute atomic E-state index is 0.492. The lowest BCUT2D eigenvalue weighted by molar-refractivity contribution is 0.107. The molecule has 13 heavy (non-hydrogen) atoms. The van der Waals surface area contributed by atoms with Crippen LogP contribution in [0.2, 0.25) is 0 Å². The Kier molecular flexibility index (Phi) is 3.83. The predicted octanol–water partition coefficient (Wildman–Crippen LogP) is 3.31. The van der Waals surface area contributed by atoms with E-state index in [1.807, 2.05) is 13.8 Å². The molecule has 0 bridgehead atoms. The van der Waals surface area contributed by atoms with E-state index in [0.29, 0.717) is 5.25 Å². The van der Waals surface area contributed by atoms with Gasteiger partial charge in [-0.05, 0) is 32.2 Å². The fourth-order valence-corrected chi connectivity index (χ4v) is 2.87. The minimum Gasteiger partial charge on any atom is -0.390 e. The van der Waals surface area contributed by atoms with Crippen LogP contribution in [-0.2, 0) is 0 Å². The second-order valence-corrected chi connectivity index (χ2v) is 6.09. The van der Waals surface area contributed by atoms with Crippen LogP contribution in [0, 0.1) is 0 Å². The minimum atomic E-state index is -0.559. The first-order valence-corrected chi connectivity index (χ1v) is 6.29. The van der Waals surface area contributed by atoms with E-state index in [1.54, 1.807) is 23.1 Å². The Bertz CT molecular complexity index is 236. The largest absolute Gasteiger partial charge is 0.390 e. The molecule has 1 N–H and O–H groups in total. The number of rotatable bonds is 4. The van der Waals surface area contributed by atoms with Crippen molar-refractivity contribution in [3.8, 4) is 0 Å². The molecule has 0 fully saturated rings. The maximum atomic E-state index is 9.55. The number of thiophene rings is 1. The van der Waals surface area contributed by atoms with Gasteiger partial charge in [-0.3, -0.25) is 0 Å². The molecule has 0 saturated carbocycles. The maximum absolute atomic E-state index is 9.55. The molecule has 1 atom stereocenters. The van der Waals surface area contributed by atoms with Gasteiger partial charge < -0.3 is 5.11 Å². The molecule has 1 heterocycles. The van der Waals surface area contributed by atoms with Gasteiger partial charge in [0, 0.05) is 15.9 Å². The molecular weight excluding hydrogens is 200 g/mol. The van der Waals surface area contributed by atoms with Crippen LogP contribution >= 0.6 is 23.1 Å². The lowest BCUT2D eigenvalue weighted by Crippen LogP contribution is -2.22. The van der Waals surface area contributed by atoms with E-state index >= 15 is 0 Å². The Balaban J connectivity index is 2.39. The molecule has 0 amide bonds. The SMILES string of the molecule is CC(SCC(C)(C)O)c1cccs1. The van der Waals surface area contributed by atoms with Gasteiger partial charge in [0.15, 0.2) is 0 Å². The molecule has 1 aromatic heterocycles. The van der Waals surface area contributed by atoms with Crippen LogP contribution in [0.5, 0.6) is 0 Å². The Morgan fingerprint density at radius 2 is 2.31 bits per heavy atom. The first-order valence-electron chi connectivity index (χ1n) is 4.36. The molecular formula is C10H16OS2. The third kappa shape index (κ3) is 4.16. The van der Waals surface area contributed by atoms with Crippen molar-refractivity contribution < 1.29 is 5.11 Å². The summed E-state index contributed by atoms with van der Waals surface area (Å²) in [5.74, 6) is 0.784. The summed E-state index contributed by atoms with van der Waals surface area (Å²) in [6.07, 6.45) is 0. The highest BCUT2D eigenvalue weighted by atomic mass is 32.2. The standard InChI is InChI=1S/C10H16OS2/c1-8(9-5-4-6-12-9)13-7-10(2,3)11/h4-6,8,11H,7H2,1-3H3. The monoisotopic (exact) mass is 216 g/mol. The highest BCUT2D eigenvalue weighted by Crippen LogP contribution is 2.32. The van der Waals surface area contributed by atoms with Crippen LogP contribution in [-0.4, -0.2) is 16.5 Å². The molecule has 0 radical (unpaired) electrons. The molecule has 0 spiro atoms. The molecule has 74 valence electrons. The number of hydrogen-bond acceptors (Lipinski definition) is 3. The Labute approximate surface area is 88.2 Å². The van der Waals surface area contributed by atoms with Crippen molar-refractivity contribution in [3.05, 3.63) is 22.4 Å². The Hall–Kier alpha value is 0.01000. The zero-order chi connectivity index (χ0) is 9.90. The highest BCUT2D eigenvalue weighted by molar-refractivity contribution is 7.99. The lowest BCUT2D eigenvalue weighted by atomic mass is 10.2. The van der Waals surface area contributed by atoms with Crippen LogP contribution in [0.4, 0.5) is 0 Å². The molecule has 1 aromatic rings. The second kappa shape index (κ2) is 4.49. The van der Waals surface area contributed by atoms with E-state index in [-0.39, 0.29) is 0 Å². The van der Waals surface area contributed by atoms with Crippen LogP contribution in [0.3, 0.4) is 0 Å². The maximum Gasteiger partial charge on any atom is 0.0682 e. The van der Waals surface area contributed by atoms with Crippen LogP contribution in [0.15, 0.2) is 17.5 Å². The average molecular weight is 216 g/mol. The second-order valence-electron chi connectivity index (χ2n) is 3.78. The van der Waals surface area contributed by atoms with Crippen molar-refractivity contribution in [1.29, 1.82) is 0 Å². The summed E-state index contributed by atoms with van der Waals surface area (Å²) in [4.78, 5) is 1.38. The van der Waals surface area contributed by atoms with Gasteiger partial charge >= 0.3 is 0 Å². The van der Waals surface area contributed by atoms with Crippen LogP contribution in [0.1, 0.15) is 30.9 Å². The zero-order valence-electron chi connectivity index (χ0n) is 8.28. The third-order valence-corrected chi connectivity index (χ3v) is 4.46. The zero-order valence-corrected chi connectivity index (χ0v) is 9.91. The Morgan fingerprint density at radius 1 is 1.62 bits per heavy atom. The molecule has 0 saturated heterocycles. The van der Waals surface area contributed by atoms with Gasteiger partial charge in [-0.1, -0.05) is 6.07 Å². The lowest BCUT2D eigenvalue weighted by Gasteiger charge is -2.18. The van der Waals surface area contributed by atoms with E-state index in [9.17, 15) is 5.11 Å². The average Bonchev–Trinajstić information content (AvgIpc) is 2.50. The summed E-state index contributed by atoms with van der Waals surface area (Å²) in [6, 6.07) is 4.22. The molecule has 1 rings (SSSR count). The first-order chi connectivity index (χ1) is 5.99. The van der Waals surface area contributed by atoms with Crippen molar-refractivity contribution in [2.24, 2.45) is 0 Å². The van der Waals surface area contributed by atoms with Crippen LogP contribution < -0.4 is 0 Å². The number of hydrogen-bond donors (Lipinski definition) is 1. The summed E-state index contributed by atoms with van der Waals surface area (Å²) in [5.41, 5.74) is -0.559. The third-order valence-electron chi connectivity index (χ3n) is 1.63. The van der Waals surface area contributed by atoms with Crippen molar-refractivity contribution in [1.82, 2.24) is 0 Å². The number of aliphatic hydroxyl groups is 1. The van der Waals surface area contributed by atoms with Gasteiger partial charge in [-0.25, -0.2) is 0 Å². The van der Waals surface area contributed by atoms with Gasteiger partial charge in [0.2, 0.25) is 0 Å². The predicted molar refractivity (Wildman–Crippen MR) is 61.5 cm³/mol. The van der Waals surface area contributed by atoms with E-state index in [2.05, 4.69) is 24.4 Å². The quantitative estimate of drug-likeness (QED) is 0.833. The van der Waals surface area contributed by atoms with E-state index in [4.69, 9.17) is 0 Å². The molecule has 0 aromatic carbocycles. The van der Waals surface area contributed by atoms with Crippen LogP contribution in [0.25, 0.3) is 0 Å². The van der Waals surface area contributed by atoms with E-state index < -0.39 is 5.60 Å². The van der Waals surface area contributed by atoms with Crippen molar-refractivity contribution in [3.63, 3.8) is 0 Å². The normalized spacial score (nSPS) is 14.5. The van der Waals surface area contributed by atoms with Gasteiger partial charge in [-0.15, -0.1) is 11.3 Å². The molecule has 3 heteroatoms. The van der Waals surface area contributed by atoms with Gasteiger partial charge in [0.1, 0.15) is 0 Å². The van der Waals surface area contributed by atoms with E-state index in [0.717, 1.165) is 5.75 Å².